The lowest BCUT2D eigenvalue weighted by Gasteiger charge is -2.33. The minimum atomic E-state index is -3.61. The van der Waals surface area contributed by atoms with Crippen molar-refractivity contribution in [3.63, 3.8) is 0 Å². The number of hydrogen-bond donors (Lipinski definition) is 1. The van der Waals surface area contributed by atoms with Crippen LogP contribution < -0.4 is 0 Å². The smallest absolute Gasteiger partial charge is 0.328 e. The van der Waals surface area contributed by atoms with Gasteiger partial charge < -0.3 is 14.7 Å². The van der Waals surface area contributed by atoms with Crippen LogP contribution in [0, 0.1) is 5.82 Å². The number of hydrogen-bond acceptors (Lipinski definition) is 5. The van der Waals surface area contributed by atoms with Crippen molar-refractivity contribution in [2.45, 2.75) is 17.9 Å². The molecule has 1 N–H and O–H groups in total. The Morgan fingerprint density at radius 3 is 2.74 bits per heavy atom. The second-order valence-corrected chi connectivity index (χ2v) is 7.25. The molecule has 126 valence electrons. The Morgan fingerprint density at radius 1 is 1.43 bits per heavy atom. The summed E-state index contributed by atoms with van der Waals surface area (Å²) < 4.78 is 42.7. The number of carboxylic acids is 1. The first-order chi connectivity index (χ1) is 10.8. The molecule has 0 bridgehead atoms. The number of rotatable bonds is 4. The number of carbonyl (C=O) groups is 2. The molecule has 1 aromatic carbocycles. The van der Waals surface area contributed by atoms with Gasteiger partial charge >= 0.3 is 5.97 Å². The number of carbonyl (C=O) groups excluding carboxylic acids is 1. The first-order valence-electron chi connectivity index (χ1n) is 6.91. The number of nitrogens with zero attached hydrogens (tertiary/aromatic N) is 1. The van der Waals surface area contributed by atoms with Crippen LogP contribution >= 0.6 is 0 Å². The lowest BCUT2D eigenvalue weighted by atomic mass is 10.1. The summed E-state index contributed by atoms with van der Waals surface area (Å²) in [5.74, 6) is -3.23. The zero-order valence-electron chi connectivity index (χ0n) is 12.4. The van der Waals surface area contributed by atoms with Gasteiger partial charge in [-0.05, 0) is 18.2 Å². The Morgan fingerprint density at radius 2 is 2.13 bits per heavy atom. The Kier molecular flexibility index (Phi) is 5.00. The van der Waals surface area contributed by atoms with Gasteiger partial charge in [-0.25, -0.2) is 17.6 Å². The summed E-state index contributed by atoms with van der Waals surface area (Å²) in [7, 11) is -3.61. The van der Waals surface area contributed by atoms with Gasteiger partial charge in [0.1, 0.15) is 5.82 Å². The molecule has 2 rings (SSSR count). The maximum Gasteiger partial charge on any atom is 0.328 e. The Labute approximate surface area is 132 Å². The summed E-state index contributed by atoms with van der Waals surface area (Å²) in [5.41, 5.74) is -0.465. The summed E-state index contributed by atoms with van der Waals surface area (Å²) in [6.07, 6.45) is 0. The minimum Gasteiger partial charge on any atom is -0.480 e. The molecule has 1 atom stereocenters. The van der Waals surface area contributed by atoms with Gasteiger partial charge in [0.15, 0.2) is 15.9 Å². The van der Waals surface area contributed by atoms with Crippen LogP contribution in [0.5, 0.6) is 0 Å². The Balaban J connectivity index is 2.42. The van der Waals surface area contributed by atoms with Crippen molar-refractivity contribution >= 4 is 21.7 Å². The Hall–Kier alpha value is -2.00. The predicted molar refractivity (Wildman–Crippen MR) is 77.4 cm³/mol. The van der Waals surface area contributed by atoms with Gasteiger partial charge in [-0.2, -0.15) is 0 Å². The predicted octanol–water partition coefficient (Wildman–Crippen LogP) is 0.545. The summed E-state index contributed by atoms with van der Waals surface area (Å²) >= 11 is 0. The van der Waals surface area contributed by atoms with Crippen molar-refractivity contribution in [1.82, 2.24) is 4.90 Å². The van der Waals surface area contributed by atoms with Crippen molar-refractivity contribution < 1.29 is 32.2 Å². The molecule has 1 aromatic rings. The van der Waals surface area contributed by atoms with Crippen molar-refractivity contribution in [3.8, 4) is 0 Å². The lowest BCUT2D eigenvalue weighted by Crippen LogP contribution is -2.52. The van der Waals surface area contributed by atoms with Gasteiger partial charge in [0.25, 0.3) is 5.91 Å². The highest BCUT2D eigenvalue weighted by Crippen LogP contribution is 2.20. The zero-order chi connectivity index (χ0) is 17.2. The van der Waals surface area contributed by atoms with Crippen LogP contribution in [-0.2, 0) is 19.4 Å². The quantitative estimate of drug-likeness (QED) is 0.800. The molecule has 1 fully saturated rings. The van der Waals surface area contributed by atoms with Gasteiger partial charge in [-0.15, -0.1) is 0 Å². The molecular weight excluding hydrogens is 329 g/mol. The molecule has 0 unspecified atom stereocenters. The van der Waals surface area contributed by atoms with E-state index in [1.165, 1.54) is 6.92 Å². The van der Waals surface area contributed by atoms with Gasteiger partial charge in [0, 0.05) is 6.54 Å². The fraction of sp³-hybridized carbons (Fsp3) is 0.429. The average molecular weight is 345 g/mol. The van der Waals surface area contributed by atoms with Gasteiger partial charge in [0.2, 0.25) is 0 Å². The molecule has 0 spiro atoms. The zero-order valence-corrected chi connectivity index (χ0v) is 13.2. The van der Waals surface area contributed by atoms with Crippen LogP contribution in [0.15, 0.2) is 23.1 Å². The van der Waals surface area contributed by atoms with E-state index in [1.807, 2.05) is 0 Å². The molecule has 1 amide bonds. The van der Waals surface area contributed by atoms with Crippen LogP contribution in [0.25, 0.3) is 0 Å². The molecule has 1 heterocycles. The van der Waals surface area contributed by atoms with E-state index in [2.05, 4.69) is 0 Å². The molecular formula is C14H16FNO6S. The van der Waals surface area contributed by atoms with Gasteiger partial charge in [0.05, 0.1) is 29.4 Å². The fourth-order valence-electron chi connectivity index (χ4n) is 2.23. The number of halogens is 1. The first-order valence-corrected chi connectivity index (χ1v) is 8.57. The first kappa shape index (κ1) is 17.4. The third-order valence-corrected chi connectivity index (χ3v) is 5.31. The fourth-order valence-corrected chi connectivity index (χ4v) is 3.14. The number of aliphatic carboxylic acids is 1. The summed E-state index contributed by atoms with van der Waals surface area (Å²) in [4.78, 5) is 24.5. The average Bonchev–Trinajstić information content (AvgIpc) is 2.54. The topological polar surface area (TPSA) is 101 Å². The third-order valence-electron chi connectivity index (χ3n) is 3.58. The molecule has 9 heteroatoms. The molecule has 0 saturated carbocycles. The van der Waals surface area contributed by atoms with E-state index >= 15 is 0 Å². The molecule has 1 aliphatic rings. The number of benzene rings is 1. The van der Waals surface area contributed by atoms with Crippen LogP contribution in [0.4, 0.5) is 4.39 Å². The highest BCUT2D eigenvalue weighted by atomic mass is 32.2. The minimum absolute atomic E-state index is 0.0139. The molecule has 1 saturated heterocycles. The molecule has 0 radical (unpaired) electrons. The number of amides is 1. The van der Waals surface area contributed by atoms with Gasteiger partial charge in [-0.3, -0.25) is 4.79 Å². The van der Waals surface area contributed by atoms with E-state index in [-0.39, 0.29) is 30.4 Å². The van der Waals surface area contributed by atoms with Crippen molar-refractivity contribution in [3.05, 3.63) is 29.6 Å². The standard InChI is InChI=1S/C14H16FNO6S/c1-2-23(20,21)9-3-4-11(15)10(7-9)13(17)16-5-6-22-8-12(16)14(18)19/h3-4,7,12H,2,5-6,8H2,1H3,(H,18,19)/t12-/m0/s1. The third kappa shape index (κ3) is 3.50. The SMILES string of the molecule is CCS(=O)(=O)c1ccc(F)c(C(=O)N2CCOC[C@H]2C(=O)O)c1. The number of sulfone groups is 1. The number of carboxylic acid groups (broad SMARTS) is 1. The molecule has 23 heavy (non-hydrogen) atoms. The van der Waals surface area contributed by atoms with E-state index in [0.717, 1.165) is 23.1 Å². The summed E-state index contributed by atoms with van der Waals surface area (Å²) in [6, 6.07) is 1.69. The van der Waals surface area contributed by atoms with Crippen LogP contribution in [0.1, 0.15) is 17.3 Å². The maximum atomic E-state index is 14.0. The highest BCUT2D eigenvalue weighted by molar-refractivity contribution is 7.91. The monoisotopic (exact) mass is 345 g/mol. The van der Waals surface area contributed by atoms with E-state index in [9.17, 15) is 22.4 Å². The van der Waals surface area contributed by atoms with Crippen LogP contribution in [0.2, 0.25) is 0 Å². The second kappa shape index (κ2) is 6.63. The van der Waals surface area contributed by atoms with Crippen molar-refractivity contribution in [2.24, 2.45) is 0 Å². The molecule has 7 nitrogen and oxygen atoms in total. The number of ether oxygens (including phenoxy) is 1. The molecule has 1 aliphatic heterocycles. The van der Waals surface area contributed by atoms with Crippen molar-refractivity contribution in [1.29, 1.82) is 0 Å². The molecule has 0 aromatic heterocycles. The normalized spacial score (nSPS) is 18.7. The second-order valence-electron chi connectivity index (χ2n) is 4.97. The van der Waals surface area contributed by atoms with E-state index < -0.39 is 39.1 Å². The summed E-state index contributed by atoms with van der Waals surface area (Å²) in [6.45, 7) is 1.35. The van der Waals surface area contributed by atoms with Gasteiger partial charge in [-0.1, -0.05) is 6.92 Å². The van der Waals surface area contributed by atoms with Crippen molar-refractivity contribution in [2.75, 3.05) is 25.5 Å². The maximum absolute atomic E-state index is 14.0. The molecule has 0 aliphatic carbocycles. The van der Waals surface area contributed by atoms with E-state index in [1.54, 1.807) is 0 Å². The summed E-state index contributed by atoms with van der Waals surface area (Å²) in [5, 5.41) is 9.13. The highest BCUT2D eigenvalue weighted by Gasteiger charge is 2.34. The number of morpholine rings is 1. The Bertz CT molecular complexity index is 733. The van der Waals surface area contributed by atoms with E-state index in [4.69, 9.17) is 9.84 Å². The van der Waals surface area contributed by atoms with Crippen LogP contribution in [-0.4, -0.2) is 61.9 Å². The van der Waals surface area contributed by atoms with Crippen LogP contribution in [0.3, 0.4) is 0 Å². The van der Waals surface area contributed by atoms with E-state index in [0.29, 0.717) is 0 Å². The largest absolute Gasteiger partial charge is 0.480 e. The lowest BCUT2D eigenvalue weighted by molar-refractivity contribution is -0.147.